The molecule has 1 fully saturated rings. The van der Waals surface area contributed by atoms with Crippen LogP contribution in [0.15, 0.2) is 54.6 Å². The van der Waals surface area contributed by atoms with E-state index in [4.69, 9.17) is 25.8 Å². The number of hydrogen-bond acceptors (Lipinski definition) is 7. The minimum Gasteiger partial charge on any atom is -0.493 e. The van der Waals surface area contributed by atoms with Crippen LogP contribution in [0.2, 0.25) is 5.02 Å². The number of piperazine rings is 1. The van der Waals surface area contributed by atoms with Gasteiger partial charge in [0, 0.05) is 37.7 Å². The number of imide groups is 1. The second kappa shape index (κ2) is 9.61. The van der Waals surface area contributed by atoms with E-state index in [1.165, 1.54) is 4.90 Å². The molecule has 0 radical (unpaired) electrons. The Morgan fingerprint density at radius 3 is 2.51 bits per heavy atom. The van der Waals surface area contributed by atoms with E-state index >= 15 is 0 Å². The quantitative estimate of drug-likeness (QED) is 0.452. The summed E-state index contributed by atoms with van der Waals surface area (Å²) in [5.74, 6) is 1.48. The van der Waals surface area contributed by atoms with Crippen LogP contribution in [0.4, 0.5) is 5.69 Å². The van der Waals surface area contributed by atoms with Gasteiger partial charge in [-0.2, -0.15) is 0 Å². The van der Waals surface area contributed by atoms with Crippen molar-refractivity contribution in [3.8, 4) is 17.2 Å². The topological polar surface area (TPSA) is 71.6 Å². The number of nitrogens with zero attached hydrogens (tertiary/aromatic N) is 3. The molecular weight excluding hydrogens is 494 g/mol. The zero-order chi connectivity index (χ0) is 25.5. The van der Waals surface area contributed by atoms with Gasteiger partial charge in [-0.25, -0.2) is 0 Å². The third-order valence-electron chi connectivity index (χ3n) is 7.10. The van der Waals surface area contributed by atoms with E-state index in [1.54, 1.807) is 19.2 Å². The lowest BCUT2D eigenvalue weighted by molar-refractivity contribution is 0.0642. The monoisotopic (exact) mass is 519 g/mol. The summed E-state index contributed by atoms with van der Waals surface area (Å²) in [5, 5.41) is 0.537. The third-order valence-corrected chi connectivity index (χ3v) is 7.47. The molecule has 0 unspecified atom stereocenters. The van der Waals surface area contributed by atoms with E-state index in [-0.39, 0.29) is 25.2 Å². The maximum Gasteiger partial charge on any atom is 0.263 e. The Balaban J connectivity index is 1.16. The second-order valence-electron chi connectivity index (χ2n) is 9.28. The van der Waals surface area contributed by atoms with Gasteiger partial charge < -0.3 is 19.1 Å². The molecule has 8 nitrogen and oxygen atoms in total. The Labute approximate surface area is 219 Å². The molecule has 0 aliphatic carbocycles. The molecule has 2 amide bonds. The molecule has 190 valence electrons. The van der Waals surface area contributed by atoms with Crippen LogP contribution in [0.3, 0.4) is 0 Å². The van der Waals surface area contributed by atoms with Crippen molar-refractivity contribution in [3.63, 3.8) is 0 Å². The molecule has 0 aromatic heterocycles. The summed E-state index contributed by atoms with van der Waals surface area (Å²) in [6.45, 7) is 4.20. The Morgan fingerprint density at radius 2 is 1.73 bits per heavy atom. The minimum atomic E-state index is -0.280. The normalized spacial score (nSPS) is 16.9. The standard InChI is InChI=1S/C28H26ClN3O5/c1-35-23-13-18(14-24-26(23)37-17-36-24)15-30-9-11-31(12-10-30)22-8-4-6-20-25(22)28(34)32(27(20)33)16-19-5-2-3-7-21(19)29/h2-8,13-14H,9-12,15-17H2,1H3. The van der Waals surface area contributed by atoms with Gasteiger partial charge in [-0.1, -0.05) is 35.9 Å². The van der Waals surface area contributed by atoms with Gasteiger partial charge in [0.1, 0.15) is 0 Å². The molecule has 3 aromatic carbocycles. The van der Waals surface area contributed by atoms with E-state index in [2.05, 4.69) is 9.80 Å². The highest BCUT2D eigenvalue weighted by Gasteiger charge is 2.39. The minimum absolute atomic E-state index is 0.151. The molecule has 3 aliphatic heterocycles. The lowest BCUT2D eigenvalue weighted by Crippen LogP contribution is -2.46. The van der Waals surface area contributed by atoms with Crippen molar-refractivity contribution >= 4 is 29.1 Å². The fourth-order valence-corrected chi connectivity index (χ4v) is 5.40. The first-order valence-corrected chi connectivity index (χ1v) is 12.6. The van der Waals surface area contributed by atoms with Gasteiger partial charge in [-0.15, -0.1) is 0 Å². The first kappa shape index (κ1) is 23.6. The molecule has 1 saturated heterocycles. The van der Waals surface area contributed by atoms with Crippen molar-refractivity contribution < 1.29 is 23.8 Å². The summed E-state index contributed by atoms with van der Waals surface area (Å²) >= 11 is 6.30. The highest BCUT2D eigenvalue weighted by molar-refractivity contribution is 6.31. The van der Waals surface area contributed by atoms with E-state index in [0.717, 1.165) is 49.5 Å². The summed E-state index contributed by atoms with van der Waals surface area (Å²) < 4.78 is 16.5. The van der Waals surface area contributed by atoms with Gasteiger partial charge in [0.25, 0.3) is 11.8 Å². The van der Waals surface area contributed by atoms with Crippen LogP contribution >= 0.6 is 11.6 Å². The van der Waals surface area contributed by atoms with E-state index < -0.39 is 0 Å². The highest BCUT2D eigenvalue weighted by Crippen LogP contribution is 2.42. The van der Waals surface area contributed by atoms with Crippen LogP contribution in [0.25, 0.3) is 0 Å². The van der Waals surface area contributed by atoms with Crippen LogP contribution in [0, 0.1) is 0 Å². The zero-order valence-electron chi connectivity index (χ0n) is 20.4. The number of halogens is 1. The number of carbonyl (C=O) groups is 2. The highest BCUT2D eigenvalue weighted by atomic mass is 35.5. The molecule has 0 N–H and O–H groups in total. The predicted octanol–water partition coefficient (Wildman–Crippen LogP) is 4.20. The summed E-state index contributed by atoms with van der Waals surface area (Å²) in [7, 11) is 1.62. The molecule has 0 spiro atoms. The summed E-state index contributed by atoms with van der Waals surface area (Å²) in [4.78, 5) is 32.4. The Kier molecular flexibility index (Phi) is 6.14. The first-order chi connectivity index (χ1) is 18.0. The number of hydrogen-bond donors (Lipinski definition) is 0. The summed E-state index contributed by atoms with van der Waals surface area (Å²) in [6.07, 6.45) is 0. The Bertz CT molecular complexity index is 1390. The van der Waals surface area contributed by atoms with E-state index in [0.29, 0.717) is 33.4 Å². The largest absolute Gasteiger partial charge is 0.493 e. The molecule has 37 heavy (non-hydrogen) atoms. The molecule has 0 bridgehead atoms. The Hall–Kier alpha value is -3.75. The fourth-order valence-electron chi connectivity index (χ4n) is 5.20. The number of benzene rings is 3. The number of anilines is 1. The van der Waals surface area contributed by atoms with Gasteiger partial charge >= 0.3 is 0 Å². The van der Waals surface area contributed by atoms with Crippen molar-refractivity contribution in [1.82, 2.24) is 9.80 Å². The molecule has 3 aromatic rings. The number of amides is 2. The Morgan fingerprint density at radius 1 is 0.919 bits per heavy atom. The molecule has 6 rings (SSSR count). The number of carbonyl (C=O) groups excluding carboxylic acids is 2. The maximum atomic E-state index is 13.4. The third kappa shape index (κ3) is 4.26. The van der Waals surface area contributed by atoms with Crippen LogP contribution in [-0.2, 0) is 13.1 Å². The zero-order valence-corrected chi connectivity index (χ0v) is 21.2. The van der Waals surface area contributed by atoms with Crippen LogP contribution < -0.4 is 19.1 Å². The van der Waals surface area contributed by atoms with Crippen molar-refractivity contribution in [2.75, 3.05) is 45.0 Å². The number of rotatable bonds is 6. The van der Waals surface area contributed by atoms with Gasteiger partial charge in [-0.05, 0) is 41.5 Å². The first-order valence-electron chi connectivity index (χ1n) is 12.2. The molecule has 0 atom stereocenters. The molecule has 0 saturated carbocycles. The predicted molar refractivity (Wildman–Crippen MR) is 139 cm³/mol. The number of fused-ring (bicyclic) bond motifs is 2. The lowest BCUT2D eigenvalue weighted by atomic mass is 10.1. The van der Waals surface area contributed by atoms with Crippen LogP contribution in [-0.4, -0.2) is 61.7 Å². The van der Waals surface area contributed by atoms with Gasteiger partial charge in [-0.3, -0.25) is 19.4 Å². The average molecular weight is 520 g/mol. The second-order valence-corrected chi connectivity index (χ2v) is 9.69. The van der Waals surface area contributed by atoms with Crippen LogP contribution in [0.1, 0.15) is 31.8 Å². The summed E-state index contributed by atoms with van der Waals surface area (Å²) in [5.41, 5.74) is 3.57. The van der Waals surface area contributed by atoms with Crippen molar-refractivity contribution in [3.05, 3.63) is 81.9 Å². The van der Waals surface area contributed by atoms with Crippen molar-refractivity contribution in [2.24, 2.45) is 0 Å². The maximum absolute atomic E-state index is 13.4. The number of methoxy groups -OCH3 is 1. The summed E-state index contributed by atoms with van der Waals surface area (Å²) in [6, 6.07) is 16.8. The molecule has 3 aliphatic rings. The van der Waals surface area contributed by atoms with E-state index in [9.17, 15) is 9.59 Å². The SMILES string of the molecule is COc1cc(CN2CCN(c3cccc4c3C(=O)N(Cc3ccccc3Cl)C4=O)CC2)cc2c1OCO2. The van der Waals surface area contributed by atoms with Crippen LogP contribution in [0.5, 0.6) is 17.2 Å². The molecule has 3 heterocycles. The van der Waals surface area contributed by atoms with Crippen molar-refractivity contribution in [1.29, 1.82) is 0 Å². The lowest BCUT2D eigenvalue weighted by Gasteiger charge is -2.36. The fraction of sp³-hybridized carbons (Fsp3) is 0.286. The van der Waals surface area contributed by atoms with Gasteiger partial charge in [0.15, 0.2) is 11.5 Å². The molecule has 9 heteroatoms. The smallest absolute Gasteiger partial charge is 0.263 e. The number of ether oxygens (including phenoxy) is 3. The van der Waals surface area contributed by atoms with Gasteiger partial charge in [0.2, 0.25) is 12.5 Å². The van der Waals surface area contributed by atoms with E-state index in [1.807, 2.05) is 42.5 Å². The molecular formula is C28H26ClN3O5. The van der Waals surface area contributed by atoms with Gasteiger partial charge in [0.05, 0.1) is 30.5 Å². The van der Waals surface area contributed by atoms with Crippen molar-refractivity contribution in [2.45, 2.75) is 13.1 Å². The average Bonchev–Trinajstić information content (AvgIpc) is 3.49.